The molecule has 1 N–H and O–H groups in total. The summed E-state index contributed by atoms with van der Waals surface area (Å²) < 4.78 is 4.67. The monoisotopic (exact) mass is 160 g/mol. The summed E-state index contributed by atoms with van der Waals surface area (Å²) in [6, 6.07) is 0. The Morgan fingerprint density at radius 3 is 2.55 bits per heavy atom. The highest BCUT2D eigenvalue weighted by molar-refractivity contribution is 5.81. The van der Waals surface area contributed by atoms with Gasteiger partial charge >= 0.3 is 5.97 Å². The number of hydrogen-bond acceptors (Lipinski definition) is 3. The molecule has 3 nitrogen and oxygen atoms in total. The molecule has 0 aliphatic rings. The summed E-state index contributed by atoms with van der Waals surface area (Å²) in [4.78, 5) is 10.3. The van der Waals surface area contributed by atoms with E-state index in [9.17, 15) is 4.79 Å². The molecule has 0 atom stereocenters. The zero-order valence-corrected chi connectivity index (χ0v) is 7.17. The highest BCUT2D eigenvalue weighted by Gasteiger charge is 1.91. The van der Waals surface area contributed by atoms with Crippen molar-refractivity contribution in [1.29, 1.82) is 0 Å². The fraction of sp³-hybridized carbons (Fsp3) is 0.625. The number of hydrogen-bond donors (Lipinski definition) is 1. The van der Waals surface area contributed by atoms with Crippen molar-refractivity contribution in [3.63, 3.8) is 0 Å². The fourth-order valence-corrected chi connectivity index (χ4v) is 0.376. The summed E-state index contributed by atoms with van der Waals surface area (Å²) in [5.41, 5.74) is 0. The molecule has 0 amide bonds. The summed E-state index contributed by atoms with van der Waals surface area (Å²) in [6.45, 7) is 5.82. The summed E-state index contributed by atoms with van der Waals surface area (Å²) in [5.74, 6) is -0.330. The SMILES string of the molecule is C=CC(=O)OCCCC.CO. The standard InChI is InChI=1S/C7H12O2.CH4O/c1-3-5-6-9-7(8)4-2;1-2/h4H,2-3,5-6H2,1H3;2H,1H3. The highest BCUT2D eigenvalue weighted by atomic mass is 16.5. The molecule has 0 rings (SSSR count). The maximum Gasteiger partial charge on any atom is 0.330 e. The van der Waals surface area contributed by atoms with E-state index in [1.165, 1.54) is 6.08 Å². The minimum Gasteiger partial charge on any atom is -0.463 e. The van der Waals surface area contributed by atoms with Crippen LogP contribution in [0.1, 0.15) is 19.8 Å². The summed E-state index contributed by atoms with van der Waals surface area (Å²) in [6.07, 6.45) is 3.15. The number of carbonyl (C=O) groups is 1. The van der Waals surface area contributed by atoms with Gasteiger partial charge in [0, 0.05) is 13.2 Å². The number of ether oxygens (including phenoxy) is 1. The second-order valence-electron chi connectivity index (χ2n) is 1.73. The molecular formula is C8H16O3. The maximum absolute atomic E-state index is 10.3. The molecule has 0 aromatic rings. The van der Waals surface area contributed by atoms with Gasteiger partial charge in [-0.25, -0.2) is 4.79 Å². The number of aliphatic hydroxyl groups excluding tert-OH is 1. The Balaban J connectivity index is 0. The summed E-state index contributed by atoms with van der Waals surface area (Å²) >= 11 is 0. The van der Waals surface area contributed by atoms with E-state index in [2.05, 4.69) is 11.3 Å². The van der Waals surface area contributed by atoms with Crippen molar-refractivity contribution >= 4 is 5.97 Å². The van der Waals surface area contributed by atoms with E-state index in [4.69, 9.17) is 5.11 Å². The normalized spacial score (nSPS) is 7.55. The van der Waals surface area contributed by atoms with E-state index in [1.54, 1.807) is 0 Å². The quantitative estimate of drug-likeness (QED) is 0.381. The van der Waals surface area contributed by atoms with Gasteiger partial charge in [-0.1, -0.05) is 19.9 Å². The van der Waals surface area contributed by atoms with Crippen LogP contribution in [0, 0.1) is 0 Å². The molecule has 0 unspecified atom stereocenters. The van der Waals surface area contributed by atoms with Crippen LogP contribution in [0.15, 0.2) is 12.7 Å². The number of esters is 1. The molecule has 0 radical (unpaired) electrons. The molecule has 0 aliphatic carbocycles. The third-order valence-electron chi connectivity index (χ3n) is 0.909. The number of unbranched alkanes of at least 4 members (excludes halogenated alkanes) is 1. The van der Waals surface area contributed by atoms with Crippen LogP contribution in [-0.4, -0.2) is 24.8 Å². The van der Waals surface area contributed by atoms with Gasteiger partial charge in [0.2, 0.25) is 0 Å². The molecule has 0 aromatic heterocycles. The van der Waals surface area contributed by atoms with Crippen molar-refractivity contribution in [2.24, 2.45) is 0 Å². The first kappa shape index (κ1) is 12.8. The van der Waals surface area contributed by atoms with Crippen LogP contribution in [0.2, 0.25) is 0 Å². The van der Waals surface area contributed by atoms with Crippen LogP contribution in [0.4, 0.5) is 0 Å². The predicted molar refractivity (Wildman–Crippen MR) is 44.2 cm³/mol. The Bertz CT molecular complexity index is 99.5. The van der Waals surface area contributed by atoms with Gasteiger partial charge in [-0.2, -0.15) is 0 Å². The Kier molecular flexibility index (Phi) is 13.9. The van der Waals surface area contributed by atoms with Gasteiger partial charge in [-0.15, -0.1) is 0 Å². The molecule has 0 saturated carbocycles. The van der Waals surface area contributed by atoms with E-state index < -0.39 is 0 Å². The maximum atomic E-state index is 10.3. The molecule has 0 spiro atoms. The average Bonchev–Trinajstić information content (AvgIpc) is 2.08. The average molecular weight is 160 g/mol. The smallest absolute Gasteiger partial charge is 0.330 e. The third-order valence-corrected chi connectivity index (χ3v) is 0.909. The predicted octanol–water partition coefficient (Wildman–Crippen LogP) is 1.12. The first-order valence-corrected chi connectivity index (χ1v) is 3.55. The molecule has 3 heteroatoms. The van der Waals surface area contributed by atoms with Gasteiger partial charge in [0.15, 0.2) is 0 Å². The van der Waals surface area contributed by atoms with Gasteiger partial charge in [-0.3, -0.25) is 0 Å². The summed E-state index contributed by atoms with van der Waals surface area (Å²) in [5, 5.41) is 7.00. The lowest BCUT2D eigenvalue weighted by Crippen LogP contribution is -2.00. The van der Waals surface area contributed by atoms with E-state index in [-0.39, 0.29) is 5.97 Å². The van der Waals surface area contributed by atoms with Crippen molar-refractivity contribution in [3.8, 4) is 0 Å². The van der Waals surface area contributed by atoms with Crippen molar-refractivity contribution in [2.45, 2.75) is 19.8 Å². The summed E-state index contributed by atoms with van der Waals surface area (Å²) in [7, 11) is 1.00. The lowest BCUT2D eigenvalue weighted by atomic mass is 10.4. The zero-order valence-electron chi connectivity index (χ0n) is 7.17. The molecule has 0 aliphatic heterocycles. The Hall–Kier alpha value is -0.830. The van der Waals surface area contributed by atoms with Crippen LogP contribution in [0.5, 0.6) is 0 Å². The number of rotatable bonds is 4. The Labute approximate surface area is 67.7 Å². The molecule has 0 fully saturated rings. The lowest BCUT2D eigenvalue weighted by Gasteiger charge is -1.97. The minimum atomic E-state index is -0.330. The zero-order chi connectivity index (χ0) is 9.11. The van der Waals surface area contributed by atoms with Crippen LogP contribution in [0.3, 0.4) is 0 Å². The van der Waals surface area contributed by atoms with Crippen molar-refractivity contribution in [1.82, 2.24) is 0 Å². The van der Waals surface area contributed by atoms with E-state index >= 15 is 0 Å². The van der Waals surface area contributed by atoms with Crippen LogP contribution in [0.25, 0.3) is 0 Å². The first-order chi connectivity index (χ1) is 5.31. The molecule has 66 valence electrons. The third kappa shape index (κ3) is 12.4. The van der Waals surface area contributed by atoms with E-state index in [1.807, 2.05) is 6.92 Å². The molecule has 0 heterocycles. The van der Waals surface area contributed by atoms with Crippen molar-refractivity contribution in [3.05, 3.63) is 12.7 Å². The molecule has 0 saturated heterocycles. The Morgan fingerprint density at radius 1 is 1.64 bits per heavy atom. The number of aliphatic hydroxyl groups is 1. The topological polar surface area (TPSA) is 46.5 Å². The fourth-order valence-electron chi connectivity index (χ4n) is 0.376. The molecule has 0 bridgehead atoms. The largest absolute Gasteiger partial charge is 0.463 e. The van der Waals surface area contributed by atoms with Gasteiger partial charge in [0.25, 0.3) is 0 Å². The first-order valence-electron chi connectivity index (χ1n) is 3.55. The van der Waals surface area contributed by atoms with Gasteiger partial charge in [0.1, 0.15) is 0 Å². The van der Waals surface area contributed by atoms with Gasteiger partial charge in [0.05, 0.1) is 6.61 Å². The van der Waals surface area contributed by atoms with Gasteiger partial charge < -0.3 is 9.84 Å². The second kappa shape index (κ2) is 11.9. The second-order valence-corrected chi connectivity index (χ2v) is 1.73. The van der Waals surface area contributed by atoms with E-state index in [0.717, 1.165) is 20.0 Å². The van der Waals surface area contributed by atoms with Crippen LogP contribution < -0.4 is 0 Å². The van der Waals surface area contributed by atoms with Crippen molar-refractivity contribution < 1.29 is 14.6 Å². The van der Waals surface area contributed by atoms with Gasteiger partial charge in [-0.05, 0) is 6.42 Å². The minimum absolute atomic E-state index is 0.330. The molecule has 11 heavy (non-hydrogen) atoms. The van der Waals surface area contributed by atoms with E-state index in [0.29, 0.717) is 6.61 Å². The van der Waals surface area contributed by atoms with Crippen molar-refractivity contribution in [2.75, 3.05) is 13.7 Å². The number of carbonyl (C=O) groups excluding carboxylic acids is 1. The lowest BCUT2D eigenvalue weighted by molar-refractivity contribution is -0.137. The van der Waals surface area contributed by atoms with Crippen LogP contribution >= 0.6 is 0 Å². The Morgan fingerprint density at radius 2 is 2.18 bits per heavy atom. The molecule has 0 aromatic carbocycles. The van der Waals surface area contributed by atoms with Crippen LogP contribution in [-0.2, 0) is 9.53 Å². The molecular weight excluding hydrogens is 144 g/mol. The highest BCUT2D eigenvalue weighted by Crippen LogP contribution is 1.88.